The van der Waals surface area contributed by atoms with Crippen LogP contribution in [-0.2, 0) is 16.2 Å². The molecule has 0 fully saturated rings. The lowest BCUT2D eigenvalue weighted by molar-refractivity contribution is 0.294. The molecule has 3 aliphatic carbocycles. The average molecular weight is 1470 g/mol. The molecular formula is C108H84N2O4. The molecule has 0 bridgehead atoms. The molecule has 6 nitrogen and oxygen atoms in total. The van der Waals surface area contributed by atoms with Gasteiger partial charge < -0.3 is 17.7 Å². The average Bonchev–Trinajstić information content (AvgIpc) is 1.56. The molecule has 0 spiro atoms. The minimum Gasteiger partial charge on any atom is -0.456 e. The molecule has 19 aromatic rings. The second-order valence-electron chi connectivity index (χ2n) is 35.2. The van der Waals surface area contributed by atoms with Crippen molar-refractivity contribution in [1.82, 2.24) is 0 Å². The first-order chi connectivity index (χ1) is 55.2. The van der Waals surface area contributed by atoms with E-state index in [0.29, 0.717) is 5.92 Å². The second-order valence-corrected chi connectivity index (χ2v) is 35.2. The Bertz CT molecular complexity index is 7300. The van der Waals surface area contributed by atoms with Crippen molar-refractivity contribution in [3.8, 4) is 56.0 Å². The van der Waals surface area contributed by atoms with Crippen molar-refractivity contribution in [3.63, 3.8) is 0 Å². The normalized spacial score (nSPS) is 15.0. The number of fused-ring (bicyclic) bond motifs is 19. The number of anilines is 6. The molecule has 0 radical (unpaired) electrons. The summed E-state index contributed by atoms with van der Waals surface area (Å²) in [7, 11) is 0. The second kappa shape index (κ2) is 24.7. The molecule has 4 aromatic heterocycles. The maximum Gasteiger partial charge on any atom is 0.213 e. The predicted molar refractivity (Wildman–Crippen MR) is 477 cm³/mol. The van der Waals surface area contributed by atoms with Gasteiger partial charge >= 0.3 is 0 Å². The van der Waals surface area contributed by atoms with Crippen LogP contribution in [0.25, 0.3) is 159 Å². The number of nitrogens with zero attached hydrogens (tertiary/aromatic N) is 2. The van der Waals surface area contributed by atoms with E-state index in [1.807, 2.05) is 24.3 Å². The summed E-state index contributed by atoms with van der Waals surface area (Å²) in [6.45, 7) is 23.5. The third kappa shape index (κ3) is 10.5. The number of hydrogen-bond acceptors (Lipinski definition) is 6. The zero-order valence-electron chi connectivity index (χ0n) is 65.8. The first-order valence-electron chi connectivity index (χ1n) is 40.2. The summed E-state index contributed by atoms with van der Waals surface area (Å²) in [6.07, 6.45) is 8.18. The van der Waals surface area contributed by atoms with Gasteiger partial charge in [0.2, 0.25) is 11.8 Å². The van der Waals surface area contributed by atoms with Crippen molar-refractivity contribution in [2.24, 2.45) is 11.3 Å². The van der Waals surface area contributed by atoms with Crippen molar-refractivity contribution in [2.45, 2.75) is 91.9 Å². The topological polar surface area (TPSA) is 59.0 Å². The highest BCUT2D eigenvalue weighted by Gasteiger charge is 2.41. The van der Waals surface area contributed by atoms with Gasteiger partial charge in [0, 0.05) is 66.3 Å². The molecule has 4 heterocycles. The maximum atomic E-state index is 7.85. The van der Waals surface area contributed by atoms with Gasteiger partial charge in [-0.25, -0.2) is 0 Å². The quantitative estimate of drug-likeness (QED) is 0.136. The van der Waals surface area contributed by atoms with Crippen LogP contribution in [0.4, 0.5) is 34.5 Å². The lowest BCUT2D eigenvalue weighted by atomic mass is 9.76. The van der Waals surface area contributed by atoms with E-state index >= 15 is 0 Å². The Morgan fingerprint density at radius 1 is 0.333 bits per heavy atom. The summed E-state index contributed by atoms with van der Waals surface area (Å²) in [4.78, 5) is 4.80. The minimum absolute atomic E-state index is 0.0382. The Morgan fingerprint density at radius 2 is 0.746 bits per heavy atom. The van der Waals surface area contributed by atoms with Gasteiger partial charge in [0.1, 0.15) is 33.9 Å². The van der Waals surface area contributed by atoms with E-state index in [9.17, 15) is 0 Å². The van der Waals surface area contributed by atoms with Crippen LogP contribution in [0.2, 0.25) is 0 Å². The van der Waals surface area contributed by atoms with Crippen molar-refractivity contribution in [2.75, 3.05) is 9.80 Å². The van der Waals surface area contributed by atoms with Crippen molar-refractivity contribution >= 4 is 138 Å². The molecule has 550 valence electrons. The van der Waals surface area contributed by atoms with Crippen LogP contribution in [-0.4, -0.2) is 0 Å². The molecule has 0 N–H and O–H groups in total. The Balaban J connectivity index is 0.783. The lowest BCUT2D eigenvalue weighted by Gasteiger charge is -2.30. The van der Waals surface area contributed by atoms with Crippen molar-refractivity contribution in [1.29, 1.82) is 0 Å². The summed E-state index contributed by atoms with van der Waals surface area (Å²) in [5.41, 5.74) is 24.3. The Kier molecular flexibility index (Phi) is 14.7. The molecule has 1 atom stereocenters. The first-order valence-corrected chi connectivity index (χ1v) is 40.2. The molecule has 3 aliphatic rings. The van der Waals surface area contributed by atoms with E-state index in [0.717, 1.165) is 162 Å². The molecule has 0 aliphatic heterocycles. The van der Waals surface area contributed by atoms with Gasteiger partial charge in [0.05, 0.1) is 11.1 Å². The number of allylic oxidation sites excluding steroid dienone is 4. The van der Waals surface area contributed by atoms with E-state index in [-0.39, 0.29) is 21.7 Å². The highest BCUT2D eigenvalue weighted by Crippen LogP contribution is 2.59. The van der Waals surface area contributed by atoms with Gasteiger partial charge in [-0.15, -0.1) is 0 Å². The Hall–Kier alpha value is -13.2. The van der Waals surface area contributed by atoms with Crippen molar-refractivity contribution in [3.05, 3.63) is 343 Å². The van der Waals surface area contributed by atoms with Crippen LogP contribution >= 0.6 is 0 Å². The highest BCUT2D eigenvalue weighted by molar-refractivity contribution is 6.25. The van der Waals surface area contributed by atoms with E-state index in [1.165, 1.54) is 71.6 Å². The highest BCUT2D eigenvalue weighted by atomic mass is 16.4. The fourth-order valence-electron chi connectivity index (χ4n) is 19.5. The Labute approximate surface area is 663 Å². The van der Waals surface area contributed by atoms with Gasteiger partial charge in [-0.1, -0.05) is 269 Å². The largest absolute Gasteiger partial charge is 0.456 e. The Morgan fingerprint density at radius 3 is 1.22 bits per heavy atom. The van der Waals surface area contributed by atoms with E-state index in [1.54, 1.807) is 0 Å². The fraction of sp³-hybridized carbons (Fsp3) is 0.148. The number of furan rings is 4. The summed E-state index contributed by atoms with van der Waals surface area (Å²) >= 11 is 0. The van der Waals surface area contributed by atoms with Crippen LogP contribution in [0.3, 0.4) is 0 Å². The summed E-state index contributed by atoms with van der Waals surface area (Å²) in [5, 5.41) is 15.8. The SMILES string of the molecule is CC(C)(C)c1ccc(-c2c(N(c3ccc4c(c3)C(C)(C)c3c-4ccc4ccccc34)c3ccc4cc(-c5cc6ccccc6o5)ccc4c3)oc3ccc4c(ccc5oc(N(c6ccc7c(c6)C(C)(C)c6c-7ccc7ccccc67)c6ccc7cc(-c8cc9ccccc9o8)ccc7c6)c(C6=CCC(C(C)(C)C)C=C6)c54)c23)cc1. The predicted octanol–water partition coefficient (Wildman–Crippen LogP) is 31.3. The molecular weight excluding hydrogens is 1390 g/mol. The van der Waals surface area contributed by atoms with E-state index in [2.05, 4.69) is 364 Å². The van der Waals surface area contributed by atoms with Gasteiger partial charge in [-0.2, -0.15) is 0 Å². The zero-order valence-corrected chi connectivity index (χ0v) is 65.8. The molecule has 0 saturated heterocycles. The van der Waals surface area contributed by atoms with Crippen LogP contribution in [0.5, 0.6) is 0 Å². The third-order valence-electron chi connectivity index (χ3n) is 25.6. The van der Waals surface area contributed by atoms with Gasteiger partial charge in [-0.05, 0) is 247 Å². The standard InChI is InChI=1S/C108H84N2O4/c1-105(2,3)75-39-31-65(32-40-75)97-99-85-51-54-94-100(86(85)52-53-93(99)113-103(97)109(77-43-35-67-55-73(29-27-69(67)57-77)95-59-71-21-13-17-25-91(71)111-95)79-45-49-83-87-47-37-63-19-11-15-23-81(63)101(87)107(7,8)89(83)61-79)98(66-33-41-76(42-34-66)106(4,5)6)104(114-94)110(78-44-36-68-56-74(30-28-70(68)58-78)96-60-72-22-14-18-26-92(72)112-96)80-46-50-84-88-48-38-64-20-12-16-24-82(64)102(88)108(9,10)90(84)62-80/h11-41,43-62,76H,42H2,1-10H3. The fourth-order valence-corrected chi connectivity index (χ4v) is 19.5. The summed E-state index contributed by atoms with van der Waals surface area (Å²) in [5.74, 6) is 3.47. The number of rotatable bonds is 10. The number of benzene rings is 15. The monoisotopic (exact) mass is 1470 g/mol. The molecule has 22 rings (SSSR count). The maximum absolute atomic E-state index is 7.85. The third-order valence-corrected chi connectivity index (χ3v) is 25.6. The van der Waals surface area contributed by atoms with E-state index < -0.39 is 0 Å². The van der Waals surface area contributed by atoms with Crippen LogP contribution < -0.4 is 9.80 Å². The summed E-state index contributed by atoms with van der Waals surface area (Å²) < 4.78 is 28.6. The lowest BCUT2D eigenvalue weighted by Crippen LogP contribution is -2.19. The summed E-state index contributed by atoms with van der Waals surface area (Å²) in [6, 6.07) is 107. The van der Waals surface area contributed by atoms with Gasteiger partial charge in [0.25, 0.3) is 0 Å². The molecule has 1 unspecified atom stereocenters. The van der Waals surface area contributed by atoms with Gasteiger partial charge in [-0.3, -0.25) is 9.80 Å². The van der Waals surface area contributed by atoms with Crippen LogP contribution in [0.15, 0.2) is 327 Å². The molecule has 0 amide bonds. The van der Waals surface area contributed by atoms with E-state index in [4.69, 9.17) is 17.7 Å². The van der Waals surface area contributed by atoms with Gasteiger partial charge in [0.15, 0.2) is 0 Å². The minimum atomic E-state index is -0.342. The molecule has 15 aromatic carbocycles. The van der Waals surface area contributed by atoms with Crippen LogP contribution in [0, 0.1) is 11.3 Å². The molecule has 0 saturated carbocycles. The zero-order chi connectivity index (χ0) is 77.0. The van der Waals surface area contributed by atoms with Crippen molar-refractivity contribution < 1.29 is 17.7 Å². The molecule has 114 heavy (non-hydrogen) atoms. The molecule has 6 heteroatoms. The first kappa shape index (κ1) is 67.7. The number of para-hydroxylation sites is 2. The smallest absolute Gasteiger partial charge is 0.213 e. The number of hydrogen-bond donors (Lipinski definition) is 0. The van der Waals surface area contributed by atoms with Crippen LogP contribution in [0.1, 0.15) is 109 Å².